The van der Waals surface area contributed by atoms with E-state index in [1.165, 1.54) is 17.5 Å². The van der Waals surface area contributed by atoms with Gasteiger partial charge in [-0.2, -0.15) is 0 Å². The van der Waals surface area contributed by atoms with Crippen molar-refractivity contribution in [2.45, 2.75) is 18.8 Å². The van der Waals surface area contributed by atoms with Gasteiger partial charge in [0.1, 0.15) is 12.4 Å². The summed E-state index contributed by atoms with van der Waals surface area (Å²) in [5, 5.41) is 0. The second kappa shape index (κ2) is 8.85. The molecule has 1 aliphatic carbocycles. The van der Waals surface area contributed by atoms with Crippen LogP contribution in [0.25, 0.3) is 0 Å². The largest absolute Gasteiger partial charge is 0.493 e. The van der Waals surface area contributed by atoms with Crippen LogP contribution in [0.2, 0.25) is 0 Å². The molecule has 0 saturated carbocycles. The molecule has 2 aromatic rings. The van der Waals surface area contributed by atoms with Crippen LogP contribution < -0.4 is 14.2 Å². The molecule has 0 amide bonds. The van der Waals surface area contributed by atoms with E-state index in [4.69, 9.17) is 14.2 Å². The summed E-state index contributed by atoms with van der Waals surface area (Å²) in [5.74, 6) is 3.97. The molecule has 2 aliphatic rings. The Balaban J connectivity index is 0.00000210. The summed E-state index contributed by atoms with van der Waals surface area (Å²) in [6, 6.07) is 14.4. The summed E-state index contributed by atoms with van der Waals surface area (Å²) >= 11 is 0. The Hall–Kier alpha value is -1.91. The van der Waals surface area contributed by atoms with E-state index in [1.54, 1.807) is 14.2 Å². The van der Waals surface area contributed by atoms with Gasteiger partial charge in [-0.1, -0.05) is 18.2 Å². The zero-order valence-corrected chi connectivity index (χ0v) is 16.8. The van der Waals surface area contributed by atoms with Crippen LogP contribution in [0, 0.1) is 5.92 Å². The first-order chi connectivity index (χ1) is 12.8. The molecule has 2 unspecified atom stereocenters. The van der Waals surface area contributed by atoms with E-state index in [-0.39, 0.29) is 12.4 Å². The van der Waals surface area contributed by atoms with Gasteiger partial charge in [0.25, 0.3) is 0 Å². The predicted molar refractivity (Wildman–Crippen MR) is 110 cm³/mol. The first kappa shape index (κ1) is 19.8. The maximum atomic E-state index is 5.88. The zero-order valence-electron chi connectivity index (χ0n) is 16.0. The van der Waals surface area contributed by atoms with Gasteiger partial charge in [-0.05, 0) is 54.2 Å². The summed E-state index contributed by atoms with van der Waals surface area (Å²) < 4.78 is 16.9. The summed E-state index contributed by atoms with van der Waals surface area (Å²) in [5.41, 5.74) is 2.87. The standard InChI is InChI=1S/C22H27NO3.ClH/c1-24-21-12-16-8-9-17-14-23(10-11-26-18-6-4-3-5-7-18)15-20(17)19(16)13-22(21)25-2;/h3-7,12-13,17,20H,8-11,14-15H2,1-2H3;1H. The van der Waals surface area contributed by atoms with Gasteiger partial charge in [-0.25, -0.2) is 0 Å². The van der Waals surface area contributed by atoms with Gasteiger partial charge < -0.3 is 14.2 Å². The zero-order chi connectivity index (χ0) is 17.9. The number of methoxy groups -OCH3 is 2. The van der Waals surface area contributed by atoms with Crippen LogP contribution in [0.5, 0.6) is 17.2 Å². The molecule has 27 heavy (non-hydrogen) atoms. The smallest absolute Gasteiger partial charge is 0.161 e. The third-order valence-corrected chi connectivity index (χ3v) is 5.77. The normalized spacial score (nSPS) is 21.0. The van der Waals surface area contributed by atoms with Crippen molar-refractivity contribution in [2.75, 3.05) is 40.5 Å². The van der Waals surface area contributed by atoms with E-state index in [0.717, 1.165) is 55.8 Å². The number of para-hydroxylation sites is 1. The Morgan fingerprint density at radius 1 is 1.00 bits per heavy atom. The fourth-order valence-electron chi connectivity index (χ4n) is 4.44. The maximum Gasteiger partial charge on any atom is 0.161 e. The molecule has 2 atom stereocenters. The van der Waals surface area contributed by atoms with Gasteiger partial charge in [0.2, 0.25) is 0 Å². The number of halogens is 1. The summed E-state index contributed by atoms with van der Waals surface area (Å²) in [7, 11) is 3.42. The second-order valence-corrected chi connectivity index (χ2v) is 7.23. The van der Waals surface area contributed by atoms with Crippen molar-refractivity contribution < 1.29 is 14.2 Å². The van der Waals surface area contributed by atoms with E-state index < -0.39 is 0 Å². The lowest BCUT2D eigenvalue weighted by atomic mass is 9.77. The molecule has 1 fully saturated rings. The molecule has 0 radical (unpaired) electrons. The number of hydrogen-bond donors (Lipinski definition) is 0. The monoisotopic (exact) mass is 389 g/mol. The van der Waals surface area contributed by atoms with Crippen molar-refractivity contribution in [2.24, 2.45) is 5.92 Å². The fourth-order valence-corrected chi connectivity index (χ4v) is 4.44. The van der Waals surface area contributed by atoms with Crippen molar-refractivity contribution >= 4 is 12.4 Å². The lowest BCUT2D eigenvalue weighted by Crippen LogP contribution is -2.26. The van der Waals surface area contributed by atoms with Gasteiger partial charge >= 0.3 is 0 Å². The Morgan fingerprint density at radius 2 is 1.74 bits per heavy atom. The quantitative estimate of drug-likeness (QED) is 0.742. The summed E-state index contributed by atoms with van der Waals surface area (Å²) in [6.07, 6.45) is 2.38. The van der Waals surface area contributed by atoms with E-state index in [9.17, 15) is 0 Å². The molecule has 5 heteroatoms. The number of fused-ring (bicyclic) bond motifs is 3. The molecule has 0 spiro atoms. The molecule has 0 bridgehead atoms. The molecule has 4 rings (SSSR count). The van der Waals surface area contributed by atoms with Crippen molar-refractivity contribution in [3.63, 3.8) is 0 Å². The van der Waals surface area contributed by atoms with Gasteiger partial charge in [-0.15, -0.1) is 12.4 Å². The molecular weight excluding hydrogens is 362 g/mol. The van der Waals surface area contributed by atoms with Crippen molar-refractivity contribution in [3.8, 4) is 17.2 Å². The van der Waals surface area contributed by atoms with E-state index in [1.807, 2.05) is 30.3 Å². The first-order valence-electron chi connectivity index (χ1n) is 9.43. The van der Waals surface area contributed by atoms with Crippen LogP contribution in [0.3, 0.4) is 0 Å². The van der Waals surface area contributed by atoms with Crippen molar-refractivity contribution in [1.29, 1.82) is 0 Å². The van der Waals surface area contributed by atoms with Gasteiger partial charge in [0.05, 0.1) is 14.2 Å². The molecule has 0 aromatic heterocycles. The van der Waals surface area contributed by atoms with Gasteiger partial charge in [0.15, 0.2) is 11.5 Å². The highest BCUT2D eigenvalue weighted by Crippen LogP contribution is 2.44. The number of benzene rings is 2. The lowest BCUT2D eigenvalue weighted by molar-refractivity contribution is 0.232. The Bertz CT molecular complexity index is 753. The minimum Gasteiger partial charge on any atom is -0.493 e. The summed E-state index contributed by atoms with van der Waals surface area (Å²) in [4.78, 5) is 2.55. The predicted octanol–water partition coefficient (Wildman–Crippen LogP) is 4.17. The molecule has 0 N–H and O–H groups in total. The van der Waals surface area contributed by atoms with Crippen molar-refractivity contribution in [1.82, 2.24) is 4.90 Å². The Kier molecular flexibility index (Phi) is 6.51. The van der Waals surface area contributed by atoms with Crippen LogP contribution in [-0.4, -0.2) is 45.4 Å². The van der Waals surface area contributed by atoms with Gasteiger partial charge in [0, 0.05) is 25.6 Å². The minimum absolute atomic E-state index is 0. The number of nitrogens with zero attached hydrogens (tertiary/aromatic N) is 1. The number of rotatable bonds is 6. The Labute approximate surface area is 167 Å². The lowest BCUT2D eigenvalue weighted by Gasteiger charge is -2.28. The highest BCUT2D eigenvalue weighted by molar-refractivity contribution is 5.85. The average molecular weight is 390 g/mol. The third-order valence-electron chi connectivity index (χ3n) is 5.77. The first-order valence-corrected chi connectivity index (χ1v) is 9.43. The molecule has 1 saturated heterocycles. The minimum atomic E-state index is 0. The van der Waals surface area contributed by atoms with Crippen LogP contribution in [0.15, 0.2) is 42.5 Å². The Morgan fingerprint density at radius 3 is 2.48 bits per heavy atom. The topological polar surface area (TPSA) is 30.9 Å². The molecule has 2 aromatic carbocycles. The van der Waals surface area contributed by atoms with Crippen LogP contribution in [0.4, 0.5) is 0 Å². The summed E-state index contributed by atoms with van der Waals surface area (Å²) in [6.45, 7) is 3.98. The van der Waals surface area contributed by atoms with Crippen LogP contribution in [0.1, 0.15) is 23.5 Å². The maximum absolute atomic E-state index is 5.88. The molecule has 4 nitrogen and oxygen atoms in total. The molecule has 146 valence electrons. The van der Waals surface area contributed by atoms with E-state index in [2.05, 4.69) is 17.0 Å². The van der Waals surface area contributed by atoms with E-state index in [0.29, 0.717) is 5.92 Å². The molecule has 1 heterocycles. The number of hydrogen-bond acceptors (Lipinski definition) is 4. The number of likely N-dealkylation sites (tertiary alicyclic amines) is 1. The van der Waals surface area contributed by atoms with Crippen molar-refractivity contribution in [3.05, 3.63) is 53.6 Å². The molecular formula is C22H28ClNO3. The van der Waals surface area contributed by atoms with Crippen LogP contribution in [-0.2, 0) is 6.42 Å². The highest BCUT2D eigenvalue weighted by Gasteiger charge is 2.37. The van der Waals surface area contributed by atoms with E-state index >= 15 is 0 Å². The SMILES string of the molecule is COc1cc2c(cc1OC)C1CN(CCOc3ccccc3)CC1CC2.Cl. The second-order valence-electron chi connectivity index (χ2n) is 7.23. The number of aryl methyl sites for hydroxylation is 1. The fraction of sp³-hybridized carbons (Fsp3) is 0.455. The van der Waals surface area contributed by atoms with Gasteiger partial charge in [-0.3, -0.25) is 4.90 Å². The molecule has 1 aliphatic heterocycles. The number of ether oxygens (including phenoxy) is 3. The van der Waals surface area contributed by atoms with Crippen LogP contribution >= 0.6 is 12.4 Å². The third kappa shape index (κ3) is 4.17. The average Bonchev–Trinajstić information content (AvgIpc) is 3.11. The highest BCUT2D eigenvalue weighted by atomic mass is 35.5.